The zero-order valence-corrected chi connectivity index (χ0v) is 12.4. The van der Waals surface area contributed by atoms with Crippen molar-refractivity contribution in [3.8, 4) is 0 Å². The van der Waals surface area contributed by atoms with Crippen molar-refractivity contribution >= 4 is 33.6 Å². The predicted molar refractivity (Wildman–Crippen MR) is 75.1 cm³/mol. The largest absolute Gasteiger partial charge is 0.481 e. The normalized spacial score (nSPS) is 21.9. The van der Waals surface area contributed by atoms with E-state index in [9.17, 15) is 14.0 Å². The molecule has 1 heterocycles. The number of hydrogen-bond donors (Lipinski definition) is 2. The molecule has 2 rings (SSSR count). The predicted octanol–water partition coefficient (Wildman–Crippen LogP) is 2.92. The summed E-state index contributed by atoms with van der Waals surface area (Å²) in [6, 6.07) is 3.54. The molecule has 108 valence electrons. The molecule has 0 aromatic heterocycles. The van der Waals surface area contributed by atoms with Gasteiger partial charge in [-0.3, -0.25) is 4.79 Å². The number of nitrogens with one attached hydrogen (secondary N) is 1. The first-order valence-corrected chi connectivity index (χ1v) is 6.85. The number of urea groups is 1. The molecule has 0 saturated carbocycles. The minimum absolute atomic E-state index is 0.140. The van der Waals surface area contributed by atoms with Gasteiger partial charge in [-0.1, -0.05) is 0 Å². The fourth-order valence-electron chi connectivity index (χ4n) is 2.10. The number of carboxylic acid groups (broad SMARTS) is 1. The number of aliphatic carboxylic acids is 1. The molecule has 0 radical (unpaired) electrons. The van der Waals surface area contributed by atoms with Gasteiger partial charge in [0.1, 0.15) is 5.82 Å². The first-order valence-electron chi connectivity index (χ1n) is 6.06. The lowest BCUT2D eigenvalue weighted by molar-refractivity contribution is -0.146. The van der Waals surface area contributed by atoms with E-state index in [-0.39, 0.29) is 6.54 Å². The number of anilines is 1. The Morgan fingerprint density at radius 2 is 2.20 bits per heavy atom. The van der Waals surface area contributed by atoms with E-state index in [0.29, 0.717) is 23.1 Å². The van der Waals surface area contributed by atoms with Crippen molar-refractivity contribution in [2.45, 2.75) is 13.3 Å². The molecule has 1 aromatic carbocycles. The number of carbonyl (C=O) groups is 2. The van der Waals surface area contributed by atoms with E-state index in [1.165, 1.54) is 23.1 Å². The first kappa shape index (κ1) is 14.8. The quantitative estimate of drug-likeness (QED) is 0.866. The Labute approximate surface area is 123 Å². The molecule has 2 amide bonds. The van der Waals surface area contributed by atoms with Gasteiger partial charge in [0.15, 0.2) is 0 Å². The highest BCUT2D eigenvalue weighted by Crippen LogP contribution is 2.31. The van der Waals surface area contributed by atoms with Crippen LogP contribution in [0.4, 0.5) is 14.9 Å². The summed E-state index contributed by atoms with van der Waals surface area (Å²) < 4.78 is 13.7. The van der Waals surface area contributed by atoms with Gasteiger partial charge in [-0.15, -0.1) is 0 Å². The maximum Gasteiger partial charge on any atom is 0.321 e. The molecule has 0 bridgehead atoms. The van der Waals surface area contributed by atoms with E-state index < -0.39 is 23.2 Å². The van der Waals surface area contributed by atoms with Crippen molar-refractivity contribution in [3.63, 3.8) is 0 Å². The molecular formula is C13H14BrFN2O3. The number of halogens is 2. The molecule has 1 unspecified atom stereocenters. The Hall–Kier alpha value is -1.63. The van der Waals surface area contributed by atoms with Crippen molar-refractivity contribution in [2.75, 3.05) is 18.4 Å². The second kappa shape index (κ2) is 5.40. The molecule has 1 aliphatic heterocycles. The van der Waals surface area contributed by atoms with Crippen LogP contribution in [0.15, 0.2) is 22.7 Å². The lowest BCUT2D eigenvalue weighted by atomic mass is 9.90. The van der Waals surface area contributed by atoms with Crippen molar-refractivity contribution in [1.82, 2.24) is 4.90 Å². The van der Waals surface area contributed by atoms with Crippen LogP contribution >= 0.6 is 15.9 Å². The lowest BCUT2D eigenvalue weighted by Gasteiger charge is -2.20. The van der Waals surface area contributed by atoms with Gasteiger partial charge < -0.3 is 15.3 Å². The maximum atomic E-state index is 13.1. The van der Waals surface area contributed by atoms with Gasteiger partial charge in [0.05, 0.1) is 11.1 Å². The molecule has 5 nitrogen and oxygen atoms in total. The molecule has 0 spiro atoms. The highest BCUT2D eigenvalue weighted by atomic mass is 79.9. The van der Waals surface area contributed by atoms with E-state index in [2.05, 4.69) is 21.2 Å². The molecule has 1 fully saturated rings. The van der Waals surface area contributed by atoms with Crippen LogP contribution < -0.4 is 5.32 Å². The van der Waals surface area contributed by atoms with Crippen molar-refractivity contribution in [3.05, 3.63) is 28.5 Å². The molecule has 0 aliphatic carbocycles. The molecule has 1 saturated heterocycles. The van der Waals surface area contributed by atoms with Gasteiger partial charge in [0.2, 0.25) is 0 Å². The SMILES string of the molecule is CC1(C(=O)O)CCN(C(=O)Nc2cc(F)ccc2Br)C1. The van der Waals surface area contributed by atoms with Gasteiger partial charge in [-0.25, -0.2) is 9.18 Å². The fourth-order valence-corrected chi connectivity index (χ4v) is 2.44. The Balaban J connectivity index is 2.07. The molecule has 1 aliphatic rings. The summed E-state index contributed by atoms with van der Waals surface area (Å²) in [6.07, 6.45) is 0.403. The summed E-state index contributed by atoms with van der Waals surface area (Å²) >= 11 is 3.22. The zero-order chi connectivity index (χ0) is 14.9. The van der Waals surface area contributed by atoms with Crippen LogP contribution in [0, 0.1) is 11.2 Å². The standard InChI is InChI=1S/C13H14BrFN2O3/c1-13(11(18)19)4-5-17(7-13)12(20)16-10-6-8(15)2-3-9(10)14/h2-3,6H,4-5,7H2,1H3,(H,16,20)(H,18,19). The van der Waals surface area contributed by atoms with E-state index in [1.54, 1.807) is 6.92 Å². The van der Waals surface area contributed by atoms with Crippen LogP contribution in [0.25, 0.3) is 0 Å². The molecule has 7 heteroatoms. The summed E-state index contributed by atoms with van der Waals surface area (Å²) in [5.74, 6) is -1.37. The van der Waals surface area contributed by atoms with Crippen LogP contribution in [-0.2, 0) is 4.79 Å². The highest BCUT2D eigenvalue weighted by Gasteiger charge is 2.42. The monoisotopic (exact) mass is 344 g/mol. The minimum Gasteiger partial charge on any atom is -0.481 e. The fraction of sp³-hybridized carbons (Fsp3) is 0.385. The van der Waals surface area contributed by atoms with Crippen LogP contribution in [-0.4, -0.2) is 35.1 Å². The average molecular weight is 345 g/mol. The second-order valence-corrected chi connectivity index (χ2v) is 5.95. The van der Waals surface area contributed by atoms with Crippen LogP contribution in [0.2, 0.25) is 0 Å². The van der Waals surface area contributed by atoms with E-state index in [1.807, 2.05) is 0 Å². The molecule has 20 heavy (non-hydrogen) atoms. The van der Waals surface area contributed by atoms with Gasteiger partial charge in [-0.2, -0.15) is 0 Å². The number of benzene rings is 1. The Kier molecular flexibility index (Phi) is 3.99. The summed E-state index contributed by atoms with van der Waals surface area (Å²) in [6.45, 7) is 2.11. The van der Waals surface area contributed by atoms with E-state index in [4.69, 9.17) is 5.11 Å². The summed E-state index contributed by atoms with van der Waals surface area (Å²) in [4.78, 5) is 24.6. The number of nitrogens with zero attached hydrogens (tertiary/aromatic N) is 1. The summed E-state index contributed by atoms with van der Waals surface area (Å²) in [5, 5.41) is 11.7. The number of carbonyl (C=O) groups excluding carboxylic acids is 1. The number of hydrogen-bond acceptors (Lipinski definition) is 2. The molecule has 1 atom stereocenters. The van der Waals surface area contributed by atoms with Gasteiger partial charge >= 0.3 is 12.0 Å². The maximum absolute atomic E-state index is 13.1. The number of rotatable bonds is 2. The third-order valence-electron chi connectivity index (χ3n) is 3.45. The first-order chi connectivity index (χ1) is 9.32. The zero-order valence-electron chi connectivity index (χ0n) is 10.8. The van der Waals surface area contributed by atoms with E-state index >= 15 is 0 Å². The molecule has 2 N–H and O–H groups in total. The smallest absolute Gasteiger partial charge is 0.321 e. The van der Waals surface area contributed by atoms with Crippen molar-refractivity contribution in [2.24, 2.45) is 5.41 Å². The number of likely N-dealkylation sites (tertiary alicyclic amines) is 1. The molecular weight excluding hydrogens is 331 g/mol. The summed E-state index contributed by atoms with van der Waals surface area (Å²) in [7, 11) is 0. The second-order valence-electron chi connectivity index (χ2n) is 5.09. The van der Waals surface area contributed by atoms with Gasteiger partial charge in [0.25, 0.3) is 0 Å². The minimum atomic E-state index is -0.920. The van der Waals surface area contributed by atoms with E-state index in [0.717, 1.165) is 0 Å². The third kappa shape index (κ3) is 2.92. The number of amides is 2. The van der Waals surface area contributed by atoms with Gasteiger partial charge in [-0.05, 0) is 47.5 Å². The van der Waals surface area contributed by atoms with Gasteiger partial charge in [0, 0.05) is 17.6 Å². The lowest BCUT2D eigenvalue weighted by Crippen LogP contribution is -2.37. The Bertz CT molecular complexity index is 567. The van der Waals surface area contributed by atoms with Crippen LogP contribution in [0.5, 0.6) is 0 Å². The number of carboxylic acids is 1. The van der Waals surface area contributed by atoms with Crippen LogP contribution in [0.3, 0.4) is 0 Å². The Morgan fingerprint density at radius 1 is 1.50 bits per heavy atom. The van der Waals surface area contributed by atoms with Crippen molar-refractivity contribution < 1.29 is 19.1 Å². The molecule has 1 aromatic rings. The van der Waals surface area contributed by atoms with Crippen molar-refractivity contribution in [1.29, 1.82) is 0 Å². The van der Waals surface area contributed by atoms with Crippen LogP contribution in [0.1, 0.15) is 13.3 Å². The average Bonchev–Trinajstić information content (AvgIpc) is 2.78. The highest BCUT2D eigenvalue weighted by molar-refractivity contribution is 9.10. The summed E-state index contributed by atoms with van der Waals surface area (Å²) in [5.41, 5.74) is -0.602. The Morgan fingerprint density at radius 3 is 2.80 bits per heavy atom. The topological polar surface area (TPSA) is 69.6 Å². The third-order valence-corrected chi connectivity index (χ3v) is 4.14.